The summed E-state index contributed by atoms with van der Waals surface area (Å²) in [5.41, 5.74) is -1.09. The summed E-state index contributed by atoms with van der Waals surface area (Å²) in [4.78, 5) is 12.0. The molecule has 1 atom stereocenters. The first-order chi connectivity index (χ1) is 8.65. The van der Waals surface area contributed by atoms with Crippen LogP contribution in [0, 0.1) is 0 Å². The van der Waals surface area contributed by atoms with Crippen LogP contribution in [-0.4, -0.2) is 17.7 Å². The molecule has 1 aromatic rings. The third kappa shape index (κ3) is 3.44. The van der Waals surface area contributed by atoms with Crippen LogP contribution in [0.1, 0.15) is 31.7 Å². The SMILES string of the molecule is C=CCC(O)(C(=O)OCCCC)c1ccccc1. The highest BCUT2D eigenvalue weighted by Gasteiger charge is 2.38. The first-order valence-corrected chi connectivity index (χ1v) is 6.21. The average molecular weight is 248 g/mol. The van der Waals surface area contributed by atoms with Gasteiger partial charge in [-0.2, -0.15) is 0 Å². The summed E-state index contributed by atoms with van der Waals surface area (Å²) in [7, 11) is 0. The van der Waals surface area contributed by atoms with Crippen LogP contribution in [0.25, 0.3) is 0 Å². The van der Waals surface area contributed by atoms with Crippen molar-refractivity contribution in [3.63, 3.8) is 0 Å². The Morgan fingerprint density at radius 2 is 2.11 bits per heavy atom. The Balaban J connectivity index is 2.86. The largest absolute Gasteiger partial charge is 0.463 e. The zero-order chi connectivity index (χ0) is 13.4. The van der Waals surface area contributed by atoms with Crippen molar-refractivity contribution in [2.24, 2.45) is 0 Å². The molecule has 0 aliphatic carbocycles. The standard InChI is InChI=1S/C15H20O3/c1-3-5-12-18-14(16)15(17,11-4-2)13-9-7-6-8-10-13/h4,6-10,17H,2-3,5,11-12H2,1H3. The summed E-state index contributed by atoms with van der Waals surface area (Å²) in [6.07, 6.45) is 3.40. The molecule has 0 fully saturated rings. The van der Waals surface area contributed by atoms with Crippen molar-refractivity contribution >= 4 is 5.97 Å². The van der Waals surface area contributed by atoms with E-state index in [9.17, 15) is 9.90 Å². The topological polar surface area (TPSA) is 46.5 Å². The third-order valence-electron chi connectivity index (χ3n) is 2.76. The van der Waals surface area contributed by atoms with Crippen LogP contribution in [0.3, 0.4) is 0 Å². The van der Waals surface area contributed by atoms with Gasteiger partial charge in [0.25, 0.3) is 0 Å². The molecular weight excluding hydrogens is 228 g/mol. The van der Waals surface area contributed by atoms with Crippen molar-refractivity contribution in [3.8, 4) is 0 Å². The predicted molar refractivity (Wildman–Crippen MR) is 71.0 cm³/mol. The van der Waals surface area contributed by atoms with E-state index in [0.717, 1.165) is 12.8 Å². The highest BCUT2D eigenvalue weighted by Crippen LogP contribution is 2.27. The molecule has 0 aliphatic rings. The lowest BCUT2D eigenvalue weighted by molar-refractivity contribution is -0.166. The molecule has 1 rings (SSSR count). The molecule has 0 saturated carbocycles. The van der Waals surface area contributed by atoms with E-state index in [-0.39, 0.29) is 6.42 Å². The number of carbonyl (C=O) groups is 1. The lowest BCUT2D eigenvalue weighted by Gasteiger charge is -2.25. The molecule has 0 heterocycles. The minimum atomic E-state index is -1.63. The summed E-state index contributed by atoms with van der Waals surface area (Å²) < 4.78 is 5.12. The Labute approximate surface area is 108 Å². The fraction of sp³-hybridized carbons (Fsp3) is 0.400. The molecule has 1 aromatic carbocycles. The Morgan fingerprint density at radius 3 is 2.67 bits per heavy atom. The van der Waals surface area contributed by atoms with Crippen molar-refractivity contribution in [1.29, 1.82) is 0 Å². The summed E-state index contributed by atoms with van der Waals surface area (Å²) in [5, 5.41) is 10.5. The van der Waals surface area contributed by atoms with Crippen LogP contribution in [0.15, 0.2) is 43.0 Å². The van der Waals surface area contributed by atoms with E-state index in [2.05, 4.69) is 6.58 Å². The van der Waals surface area contributed by atoms with Crippen LogP contribution in [0.2, 0.25) is 0 Å². The van der Waals surface area contributed by atoms with E-state index in [4.69, 9.17) is 4.74 Å². The van der Waals surface area contributed by atoms with E-state index in [0.29, 0.717) is 12.2 Å². The molecule has 0 spiro atoms. The van der Waals surface area contributed by atoms with Crippen molar-refractivity contribution in [1.82, 2.24) is 0 Å². The number of aliphatic hydroxyl groups is 1. The van der Waals surface area contributed by atoms with Crippen LogP contribution in [0.5, 0.6) is 0 Å². The van der Waals surface area contributed by atoms with Crippen molar-refractivity contribution in [2.75, 3.05) is 6.61 Å². The van der Waals surface area contributed by atoms with E-state index >= 15 is 0 Å². The first kappa shape index (κ1) is 14.5. The predicted octanol–water partition coefficient (Wildman–Crippen LogP) is 2.79. The fourth-order valence-corrected chi connectivity index (χ4v) is 1.67. The number of carbonyl (C=O) groups excluding carboxylic acids is 1. The van der Waals surface area contributed by atoms with E-state index in [1.165, 1.54) is 6.08 Å². The number of benzene rings is 1. The monoisotopic (exact) mass is 248 g/mol. The minimum Gasteiger partial charge on any atom is -0.463 e. The number of esters is 1. The van der Waals surface area contributed by atoms with Gasteiger partial charge in [-0.1, -0.05) is 49.8 Å². The molecule has 98 valence electrons. The van der Waals surface area contributed by atoms with Crippen LogP contribution >= 0.6 is 0 Å². The number of unbranched alkanes of at least 4 members (excludes halogenated alkanes) is 1. The zero-order valence-electron chi connectivity index (χ0n) is 10.8. The maximum atomic E-state index is 12.0. The zero-order valence-corrected chi connectivity index (χ0v) is 10.8. The molecule has 1 unspecified atom stereocenters. The van der Waals surface area contributed by atoms with Gasteiger partial charge in [-0.3, -0.25) is 0 Å². The molecule has 18 heavy (non-hydrogen) atoms. The second-order valence-corrected chi connectivity index (χ2v) is 4.21. The van der Waals surface area contributed by atoms with Crippen LogP contribution in [0.4, 0.5) is 0 Å². The Kier molecular flexibility index (Phi) is 5.59. The summed E-state index contributed by atoms with van der Waals surface area (Å²) in [6, 6.07) is 8.82. The lowest BCUT2D eigenvalue weighted by Crippen LogP contribution is -2.37. The normalized spacial score (nSPS) is 13.7. The fourth-order valence-electron chi connectivity index (χ4n) is 1.67. The summed E-state index contributed by atoms with van der Waals surface area (Å²) in [6.45, 7) is 5.93. The van der Waals surface area contributed by atoms with Gasteiger partial charge in [0.1, 0.15) is 0 Å². The summed E-state index contributed by atoms with van der Waals surface area (Å²) >= 11 is 0. The molecule has 1 N–H and O–H groups in total. The molecule has 0 radical (unpaired) electrons. The molecule has 3 heteroatoms. The minimum absolute atomic E-state index is 0.141. The Bertz CT molecular complexity index is 386. The second kappa shape index (κ2) is 6.97. The van der Waals surface area contributed by atoms with Crippen molar-refractivity contribution < 1.29 is 14.6 Å². The molecule has 0 aromatic heterocycles. The summed E-state index contributed by atoms with van der Waals surface area (Å²) in [5.74, 6) is -0.609. The van der Waals surface area contributed by atoms with Gasteiger partial charge in [-0.05, 0) is 12.0 Å². The van der Waals surface area contributed by atoms with Crippen molar-refractivity contribution in [3.05, 3.63) is 48.6 Å². The Morgan fingerprint density at radius 1 is 1.44 bits per heavy atom. The van der Waals surface area contributed by atoms with Gasteiger partial charge >= 0.3 is 5.97 Å². The van der Waals surface area contributed by atoms with Gasteiger partial charge in [0, 0.05) is 6.42 Å². The Hall–Kier alpha value is -1.61. The second-order valence-electron chi connectivity index (χ2n) is 4.21. The molecule has 0 bridgehead atoms. The van der Waals surface area contributed by atoms with Gasteiger partial charge in [0.05, 0.1) is 6.61 Å². The first-order valence-electron chi connectivity index (χ1n) is 6.21. The average Bonchev–Trinajstić information content (AvgIpc) is 2.40. The van der Waals surface area contributed by atoms with Crippen LogP contribution < -0.4 is 0 Å². The maximum absolute atomic E-state index is 12.0. The van der Waals surface area contributed by atoms with E-state index in [1.54, 1.807) is 24.3 Å². The number of rotatable bonds is 7. The van der Waals surface area contributed by atoms with Gasteiger partial charge in [0.15, 0.2) is 5.60 Å². The quantitative estimate of drug-likeness (QED) is 0.458. The van der Waals surface area contributed by atoms with Gasteiger partial charge in [-0.15, -0.1) is 6.58 Å². The smallest absolute Gasteiger partial charge is 0.343 e. The lowest BCUT2D eigenvalue weighted by atomic mass is 9.90. The number of hydrogen-bond acceptors (Lipinski definition) is 3. The molecule has 0 saturated heterocycles. The van der Waals surface area contributed by atoms with Crippen molar-refractivity contribution in [2.45, 2.75) is 31.8 Å². The molecular formula is C15H20O3. The highest BCUT2D eigenvalue weighted by molar-refractivity contribution is 5.81. The molecule has 0 aliphatic heterocycles. The van der Waals surface area contributed by atoms with Gasteiger partial charge < -0.3 is 9.84 Å². The molecule has 3 nitrogen and oxygen atoms in total. The highest BCUT2D eigenvalue weighted by atomic mass is 16.5. The number of hydrogen-bond donors (Lipinski definition) is 1. The van der Waals surface area contributed by atoms with Crippen LogP contribution in [-0.2, 0) is 15.1 Å². The van der Waals surface area contributed by atoms with E-state index in [1.807, 2.05) is 13.0 Å². The maximum Gasteiger partial charge on any atom is 0.343 e. The third-order valence-corrected chi connectivity index (χ3v) is 2.76. The molecule has 0 amide bonds. The van der Waals surface area contributed by atoms with Gasteiger partial charge in [0.2, 0.25) is 0 Å². The number of ether oxygens (including phenoxy) is 1. The van der Waals surface area contributed by atoms with E-state index < -0.39 is 11.6 Å². The van der Waals surface area contributed by atoms with Gasteiger partial charge in [-0.25, -0.2) is 4.79 Å².